The van der Waals surface area contributed by atoms with Gasteiger partial charge in [0.2, 0.25) is 15.9 Å². The maximum Gasteiger partial charge on any atom is 0.231 e. The number of anilines is 1. The zero-order chi connectivity index (χ0) is 31.4. The predicted molar refractivity (Wildman–Crippen MR) is 163 cm³/mol. The molecule has 2 aromatic heterocycles. The lowest BCUT2D eigenvalue weighted by atomic mass is 9.87. The number of ether oxygens (including phenoxy) is 1. The number of primary amides is 1. The van der Waals surface area contributed by atoms with Gasteiger partial charge in [-0.3, -0.25) is 19.1 Å². The molecule has 0 bridgehead atoms. The monoisotopic (exact) mass is 622 g/mol. The number of fused-ring (bicyclic) bond motifs is 1. The maximum absolute atomic E-state index is 14.1. The van der Waals surface area contributed by atoms with Crippen LogP contribution >= 0.6 is 0 Å². The van der Waals surface area contributed by atoms with Crippen LogP contribution < -0.4 is 10.5 Å². The molecule has 1 saturated heterocycles. The average molecular weight is 623 g/mol. The molecule has 1 amide bonds. The van der Waals surface area contributed by atoms with Gasteiger partial charge in [-0.05, 0) is 48.2 Å². The van der Waals surface area contributed by atoms with Gasteiger partial charge in [0, 0.05) is 55.1 Å². The summed E-state index contributed by atoms with van der Waals surface area (Å²) in [6, 6.07) is 12.1. The first-order valence-electron chi connectivity index (χ1n) is 13.9. The van der Waals surface area contributed by atoms with Crippen molar-refractivity contribution in [3.05, 3.63) is 77.1 Å². The van der Waals surface area contributed by atoms with Crippen LogP contribution in [0.1, 0.15) is 29.3 Å². The molecule has 230 valence electrons. The molecule has 0 saturated carbocycles. The molecule has 0 aliphatic carbocycles. The van der Waals surface area contributed by atoms with Crippen molar-refractivity contribution >= 4 is 32.7 Å². The topological polar surface area (TPSA) is 132 Å². The van der Waals surface area contributed by atoms with Crippen molar-refractivity contribution in [2.45, 2.75) is 18.8 Å². The Balaban J connectivity index is 1.64. The number of pyridine rings is 1. The summed E-state index contributed by atoms with van der Waals surface area (Å²) in [5.41, 5.74) is 8.81. The SMILES string of the molecule is Cn1nc(NS(C)(=O)=O)c2cccc(-c3ccc(C#CCN4CCOCC4)nc3[C@H](CC(N)=O)Cc3cc(F)cc(F)c3)c21. The normalized spacial score (nSPS) is 14.6. The van der Waals surface area contributed by atoms with E-state index in [2.05, 4.69) is 26.6 Å². The molecule has 13 heteroatoms. The number of morpholine rings is 1. The van der Waals surface area contributed by atoms with E-state index in [-0.39, 0.29) is 18.7 Å². The van der Waals surface area contributed by atoms with Gasteiger partial charge < -0.3 is 10.5 Å². The molecule has 0 unspecified atom stereocenters. The van der Waals surface area contributed by atoms with Gasteiger partial charge in [0.25, 0.3) is 0 Å². The lowest BCUT2D eigenvalue weighted by Gasteiger charge is -2.24. The van der Waals surface area contributed by atoms with Crippen molar-refractivity contribution in [1.29, 1.82) is 0 Å². The number of nitrogens with two attached hydrogens (primary N) is 1. The Bertz CT molecular complexity index is 1860. The van der Waals surface area contributed by atoms with Crippen LogP contribution in [0.5, 0.6) is 0 Å². The first-order chi connectivity index (χ1) is 21.0. The molecule has 4 aromatic rings. The summed E-state index contributed by atoms with van der Waals surface area (Å²) >= 11 is 0. The lowest BCUT2D eigenvalue weighted by molar-refractivity contribution is -0.118. The average Bonchev–Trinajstić information content (AvgIpc) is 3.26. The molecule has 44 heavy (non-hydrogen) atoms. The number of benzene rings is 2. The van der Waals surface area contributed by atoms with Crippen molar-refractivity contribution in [3.63, 3.8) is 0 Å². The number of hydrogen-bond acceptors (Lipinski definition) is 7. The Morgan fingerprint density at radius 1 is 1.11 bits per heavy atom. The summed E-state index contributed by atoms with van der Waals surface area (Å²) in [5.74, 6) is 3.67. The Labute approximate surface area is 254 Å². The van der Waals surface area contributed by atoms with Gasteiger partial charge in [-0.1, -0.05) is 18.1 Å². The van der Waals surface area contributed by atoms with Crippen molar-refractivity contribution in [1.82, 2.24) is 19.7 Å². The number of rotatable bonds is 9. The first-order valence-corrected chi connectivity index (χ1v) is 15.8. The van der Waals surface area contributed by atoms with Crippen molar-refractivity contribution in [2.75, 3.05) is 43.8 Å². The van der Waals surface area contributed by atoms with Crippen LogP contribution in [0, 0.1) is 23.5 Å². The van der Waals surface area contributed by atoms with Crippen LogP contribution in [-0.2, 0) is 33.0 Å². The maximum atomic E-state index is 14.1. The second kappa shape index (κ2) is 13.1. The summed E-state index contributed by atoms with van der Waals surface area (Å²) in [5, 5.41) is 4.94. The van der Waals surface area contributed by atoms with Crippen molar-refractivity contribution < 1.29 is 26.7 Å². The molecule has 1 aliphatic heterocycles. The highest BCUT2D eigenvalue weighted by molar-refractivity contribution is 7.92. The molecule has 1 aliphatic rings. The molecule has 2 aromatic carbocycles. The number of nitrogens with one attached hydrogen (secondary N) is 1. The third-order valence-corrected chi connectivity index (χ3v) is 7.79. The standard InChI is InChI=1S/C31H32F2N6O4S/c1-38-30-26(6-3-7-27(30)31(36-38)37-44(2,41)42)25-9-8-24(5-4-10-39-11-13-43-14-12-39)35-29(25)21(18-28(34)40)15-20-16-22(32)19-23(33)17-20/h3,6-9,16-17,19,21H,10-15,18H2,1-2H3,(H2,34,40)(H,36,37)/t21-/m0/s1. The minimum atomic E-state index is -3.61. The van der Waals surface area contributed by atoms with Gasteiger partial charge >= 0.3 is 0 Å². The van der Waals surface area contributed by atoms with Crippen LogP contribution in [-0.4, -0.2) is 73.1 Å². The number of hydrogen-bond donors (Lipinski definition) is 2. The molecule has 0 radical (unpaired) electrons. The van der Waals surface area contributed by atoms with E-state index in [4.69, 9.17) is 15.5 Å². The number of amides is 1. The Hall–Kier alpha value is -4.38. The van der Waals surface area contributed by atoms with E-state index in [0.717, 1.165) is 25.4 Å². The van der Waals surface area contributed by atoms with Crippen LogP contribution in [0.3, 0.4) is 0 Å². The zero-order valence-electron chi connectivity index (χ0n) is 24.3. The number of aryl methyl sites for hydroxylation is 1. The Morgan fingerprint density at radius 2 is 1.84 bits per heavy atom. The molecule has 10 nitrogen and oxygen atoms in total. The fourth-order valence-electron chi connectivity index (χ4n) is 5.41. The number of sulfonamides is 1. The molecule has 0 spiro atoms. The van der Waals surface area contributed by atoms with Crippen LogP contribution in [0.2, 0.25) is 0 Å². The molecule has 3 heterocycles. The second-order valence-electron chi connectivity index (χ2n) is 10.7. The van der Waals surface area contributed by atoms with E-state index in [1.54, 1.807) is 29.9 Å². The van der Waals surface area contributed by atoms with E-state index >= 15 is 0 Å². The van der Waals surface area contributed by atoms with Crippen LogP contribution in [0.15, 0.2) is 48.5 Å². The number of para-hydroxylation sites is 1. The molecule has 1 fully saturated rings. The van der Waals surface area contributed by atoms with Crippen molar-refractivity contribution in [3.8, 4) is 23.0 Å². The highest BCUT2D eigenvalue weighted by Gasteiger charge is 2.25. The van der Waals surface area contributed by atoms with E-state index in [0.29, 0.717) is 58.7 Å². The molecule has 3 N–H and O–H groups in total. The Kier molecular flexibility index (Phi) is 9.24. The number of nitrogens with zero attached hydrogens (tertiary/aromatic N) is 4. The lowest BCUT2D eigenvalue weighted by Crippen LogP contribution is -2.36. The van der Waals surface area contributed by atoms with E-state index in [1.165, 1.54) is 12.1 Å². The summed E-state index contributed by atoms with van der Waals surface area (Å²) in [7, 11) is -1.92. The van der Waals surface area contributed by atoms with E-state index < -0.39 is 33.5 Å². The quantitative estimate of drug-likeness (QED) is 0.274. The zero-order valence-corrected chi connectivity index (χ0v) is 25.1. The van der Waals surface area contributed by atoms with Gasteiger partial charge in [0.15, 0.2) is 5.82 Å². The third-order valence-electron chi connectivity index (χ3n) is 7.22. The second-order valence-corrected chi connectivity index (χ2v) is 12.5. The van der Waals surface area contributed by atoms with Crippen molar-refractivity contribution in [2.24, 2.45) is 12.8 Å². The smallest absolute Gasteiger partial charge is 0.231 e. The molecule has 5 rings (SSSR count). The van der Waals surface area contributed by atoms with Gasteiger partial charge in [0.1, 0.15) is 17.3 Å². The molecular formula is C31H32F2N6O4S. The highest BCUT2D eigenvalue weighted by atomic mass is 32.2. The summed E-state index contributed by atoms with van der Waals surface area (Å²) < 4.78 is 61.7. The summed E-state index contributed by atoms with van der Waals surface area (Å²) in [6.07, 6.45) is 0.970. The first kappa shape index (κ1) is 31.1. The number of carbonyl (C=O) groups is 1. The minimum absolute atomic E-state index is 0.0739. The fraction of sp³-hybridized carbons (Fsp3) is 0.323. The number of aromatic nitrogens is 3. The van der Waals surface area contributed by atoms with Gasteiger partial charge in [0.05, 0.1) is 37.2 Å². The van der Waals surface area contributed by atoms with Gasteiger partial charge in [-0.2, -0.15) is 5.10 Å². The van der Waals surface area contributed by atoms with Gasteiger partial charge in [-0.25, -0.2) is 22.2 Å². The summed E-state index contributed by atoms with van der Waals surface area (Å²) in [6.45, 7) is 3.38. The van der Waals surface area contributed by atoms with E-state index in [9.17, 15) is 22.0 Å². The third kappa shape index (κ3) is 7.57. The predicted octanol–water partition coefficient (Wildman–Crippen LogP) is 3.17. The fourth-order valence-corrected chi connectivity index (χ4v) is 5.91. The minimum Gasteiger partial charge on any atom is -0.379 e. The highest BCUT2D eigenvalue weighted by Crippen LogP contribution is 2.38. The van der Waals surface area contributed by atoms with E-state index in [1.807, 2.05) is 12.1 Å². The molecular weight excluding hydrogens is 590 g/mol. The largest absolute Gasteiger partial charge is 0.379 e. The van der Waals surface area contributed by atoms with Gasteiger partial charge in [-0.15, -0.1) is 0 Å². The van der Waals surface area contributed by atoms with Crippen LogP contribution in [0.4, 0.5) is 14.6 Å². The summed E-state index contributed by atoms with van der Waals surface area (Å²) in [4.78, 5) is 19.4. The van der Waals surface area contributed by atoms with Crippen LogP contribution in [0.25, 0.3) is 22.0 Å². The number of halogens is 2. The molecule has 1 atom stereocenters. The number of carbonyl (C=O) groups excluding carboxylic acids is 1. The Morgan fingerprint density at radius 3 is 2.52 bits per heavy atom.